The molecule has 0 bridgehead atoms. The van der Waals surface area contributed by atoms with Crippen molar-refractivity contribution in [3.05, 3.63) is 36.3 Å². The Labute approximate surface area is 153 Å². The van der Waals surface area contributed by atoms with E-state index in [1.54, 1.807) is 0 Å². The van der Waals surface area contributed by atoms with Crippen molar-refractivity contribution in [1.82, 2.24) is 0 Å². The van der Waals surface area contributed by atoms with Crippen LogP contribution < -0.4 is 4.74 Å². The molecule has 25 heavy (non-hydrogen) atoms. The molecule has 1 rings (SSSR count). The molecule has 15 heteroatoms. The van der Waals surface area contributed by atoms with Crippen molar-refractivity contribution in [3.63, 3.8) is 0 Å². The van der Waals surface area contributed by atoms with E-state index in [-0.39, 0.29) is 0 Å². The van der Waals surface area contributed by atoms with Gasteiger partial charge >= 0.3 is 18.0 Å². The molecule has 0 saturated heterocycles. The fraction of sp³-hybridized carbons (Fsp3) is 0.300. The van der Waals surface area contributed by atoms with Crippen LogP contribution in [0.2, 0.25) is 0 Å². The molecule has 0 atom stereocenters. The highest BCUT2D eigenvalue weighted by molar-refractivity contribution is 9.10. The number of halogens is 7. The summed E-state index contributed by atoms with van der Waals surface area (Å²) in [4.78, 5) is 19.6. The van der Waals surface area contributed by atoms with Crippen LogP contribution in [0.15, 0.2) is 10.5 Å². The maximum absolute atomic E-state index is 13.1. The summed E-state index contributed by atoms with van der Waals surface area (Å²) in [7, 11) is 0. The summed E-state index contributed by atoms with van der Waals surface area (Å²) in [5.41, 5.74) is -3.34. The maximum Gasteiger partial charge on any atom is 0.499 e. The van der Waals surface area contributed by atoms with Crippen molar-refractivity contribution < 1.29 is 36.5 Å². The van der Waals surface area contributed by atoms with Gasteiger partial charge in [0, 0.05) is 12.5 Å². The Kier molecular flexibility index (Phi) is 6.23. The minimum absolute atomic E-state index is 0.472. The first-order valence-corrected chi connectivity index (χ1v) is 7.23. The van der Waals surface area contributed by atoms with E-state index in [2.05, 4.69) is 32.9 Å². The molecule has 7 nitrogen and oxygen atoms in total. The van der Waals surface area contributed by atoms with Gasteiger partial charge in [-0.05, 0) is 15.9 Å². The van der Waals surface area contributed by atoms with Gasteiger partial charge in [0.1, 0.15) is 5.56 Å². The zero-order valence-electron chi connectivity index (χ0n) is 11.3. The predicted molar refractivity (Wildman–Crippen MR) is 81.2 cm³/mol. The van der Waals surface area contributed by atoms with E-state index in [9.17, 15) is 42.2 Å². The number of hydrogen-bond acceptors (Lipinski definition) is 6. The number of nitrogens with zero attached hydrogens (tertiary/aromatic N) is 2. The molecule has 1 aromatic carbocycles. The molecule has 0 amide bonds. The molecule has 0 unspecified atom stereocenters. The van der Waals surface area contributed by atoms with Crippen LogP contribution in [0, 0.1) is 20.2 Å². The summed E-state index contributed by atoms with van der Waals surface area (Å²) in [6, 6.07) is 0.472. The highest BCUT2D eigenvalue weighted by atomic mass is 79.9. The molecule has 0 heterocycles. The summed E-state index contributed by atoms with van der Waals surface area (Å²) in [6.07, 6.45) is -12.8. The molecule has 0 N–H and O–H groups in total. The number of benzene rings is 1. The predicted octanol–water partition coefficient (Wildman–Crippen LogP) is 4.91. The van der Waals surface area contributed by atoms with E-state index < -0.39 is 60.0 Å². The molecule has 0 aliphatic heterocycles. The molecular formula is C10H3BrClF5N2O5S. The number of thiocarbonyl (C=S) groups is 1. The highest BCUT2D eigenvalue weighted by Crippen LogP contribution is 2.47. The van der Waals surface area contributed by atoms with Crippen LogP contribution in [0.4, 0.5) is 33.3 Å². The number of alkyl halides is 5. The first kappa shape index (κ1) is 21.4. The van der Waals surface area contributed by atoms with Gasteiger partial charge in [0.25, 0.3) is 5.69 Å². The zero-order valence-corrected chi connectivity index (χ0v) is 14.4. The van der Waals surface area contributed by atoms with Gasteiger partial charge in [-0.1, -0.05) is 23.8 Å². The maximum atomic E-state index is 13.1. The first-order valence-electron chi connectivity index (χ1n) is 5.65. The van der Waals surface area contributed by atoms with Crippen LogP contribution in [0.25, 0.3) is 0 Å². The SMILES string of the molecule is O=[N+]([O-])c1cc(Br)c(OC(F)(F)C(F)(F)F)c([N+](=O)[O-])c1CC(=S)Cl. The van der Waals surface area contributed by atoms with E-state index >= 15 is 0 Å². The van der Waals surface area contributed by atoms with Gasteiger partial charge in [-0.25, -0.2) is 0 Å². The summed E-state index contributed by atoms with van der Waals surface area (Å²) in [5, 5.41) is 22.1. The third kappa shape index (κ3) is 4.70. The molecule has 0 fully saturated rings. The van der Waals surface area contributed by atoms with Crippen LogP contribution in [0.3, 0.4) is 0 Å². The topological polar surface area (TPSA) is 95.5 Å². The van der Waals surface area contributed by atoms with Gasteiger partial charge in [0.2, 0.25) is 5.75 Å². The number of nitro groups is 2. The Morgan fingerprint density at radius 3 is 2.12 bits per heavy atom. The lowest BCUT2D eigenvalue weighted by Crippen LogP contribution is -2.42. The van der Waals surface area contributed by atoms with Crippen LogP contribution >= 0.6 is 39.7 Å². The normalized spacial score (nSPS) is 12.0. The largest absolute Gasteiger partial charge is 0.499 e. The average molecular weight is 474 g/mol. The van der Waals surface area contributed by atoms with E-state index in [0.29, 0.717) is 6.07 Å². The molecule has 0 saturated carbocycles. The Bertz CT molecular complexity index is 760. The highest BCUT2D eigenvalue weighted by Gasteiger charge is 2.62. The third-order valence-corrected chi connectivity index (χ3v) is 3.41. The zero-order chi connectivity index (χ0) is 19.7. The Morgan fingerprint density at radius 2 is 1.76 bits per heavy atom. The number of ether oxygens (including phenoxy) is 1. The van der Waals surface area contributed by atoms with Gasteiger partial charge in [0.05, 0.1) is 18.6 Å². The molecule has 1 aromatic rings. The lowest BCUT2D eigenvalue weighted by molar-refractivity contribution is -0.400. The minimum Gasteiger partial charge on any atom is -0.417 e. The van der Waals surface area contributed by atoms with Gasteiger partial charge < -0.3 is 4.74 Å². The van der Waals surface area contributed by atoms with Gasteiger partial charge in [-0.15, -0.1) is 0 Å². The van der Waals surface area contributed by atoms with E-state index in [1.807, 2.05) is 0 Å². The molecule has 0 aliphatic carbocycles. The summed E-state index contributed by atoms with van der Waals surface area (Å²) in [5.74, 6) is -1.55. The molecule has 0 aromatic heterocycles. The smallest absolute Gasteiger partial charge is 0.417 e. The standard InChI is InChI=1S/C10H3BrClF5N2O5S/c11-4-2-5(18(20)21)3(1-6(12)25)7(19(22)23)8(4)24-10(16,17)9(13,14)15/h2H,1H2. The Balaban J connectivity index is 3.76. The van der Waals surface area contributed by atoms with Crippen molar-refractivity contribution in [3.8, 4) is 5.75 Å². The van der Waals surface area contributed by atoms with Crippen molar-refractivity contribution in [2.75, 3.05) is 0 Å². The first-order chi connectivity index (χ1) is 11.2. The van der Waals surface area contributed by atoms with Crippen molar-refractivity contribution in [2.45, 2.75) is 18.7 Å². The van der Waals surface area contributed by atoms with Crippen LogP contribution in [-0.4, -0.2) is 26.5 Å². The van der Waals surface area contributed by atoms with Crippen LogP contribution in [0.1, 0.15) is 5.56 Å². The average Bonchev–Trinajstić information content (AvgIpc) is 2.39. The number of hydrogen-bond donors (Lipinski definition) is 0. The Morgan fingerprint density at radius 1 is 1.24 bits per heavy atom. The number of nitro benzene ring substituents is 2. The van der Waals surface area contributed by atoms with E-state index in [4.69, 9.17) is 11.6 Å². The van der Waals surface area contributed by atoms with Crippen LogP contribution in [0.5, 0.6) is 5.75 Å². The van der Waals surface area contributed by atoms with Crippen molar-refractivity contribution >= 4 is 55.4 Å². The third-order valence-electron chi connectivity index (χ3n) is 2.55. The second-order valence-electron chi connectivity index (χ2n) is 4.20. The lowest BCUT2D eigenvalue weighted by atomic mass is 10.1. The molecule has 0 radical (unpaired) electrons. The number of rotatable bonds is 6. The minimum atomic E-state index is -6.19. The van der Waals surface area contributed by atoms with Gasteiger partial charge in [-0.2, -0.15) is 22.0 Å². The fourth-order valence-electron chi connectivity index (χ4n) is 1.60. The van der Waals surface area contributed by atoms with Gasteiger partial charge in [-0.3, -0.25) is 20.2 Å². The van der Waals surface area contributed by atoms with E-state index in [0.717, 1.165) is 0 Å². The summed E-state index contributed by atoms with van der Waals surface area (Å²) < 4.78 is 65.2. The molecule has 138 valence electrons. The molecular weight excluding hydrogens is 471 g/mol. The molecule has 0 spiro atoms. The summed E-state index contributed by atoms with van der Waals surface area (Å²) >= 11 is 12.3. The second kappa shape index (κ2) is 7.29. The lowest BCUT2D eigenvalue weighted by Gasteiger charge is -2.21. The Hall–Kier alpha value is -1.67. The van der Waals surface area contributed by atoms with Crippen LogP contribution in [-0.2, 0) is 6.42 Å². The summed E-state index contributed by atoms with van der Waals surface area (Å²) in [6.45, 7) is 0. The fourth-order valence-corrected chi connectivity index (χ4v) is 2.36. The second-order valence-corrected chi connectivity index (χ2v) is 6.22. The molecule has 0 aliphatic rings. The monoisotopic (exact) mass is 472 g/mol. The van der Waals surface area contributed by atoms with E-state index in [1.165, 1.54) is 0 Å². The van der Waals surface area contributed by atoms with Gasteiger partial charge in [0.15, 0.2) is 0 Å². The van der Waals surface area contributed by atoms with Crippen molar-refractivity contribution in [2.24, 2.45) is 0 Å². The van der Waals surface area contributed by atoms with Crippen molar-refractivity contribution in [1.29, 1.82) is 0 Å². The quantitative estimate of drug-likeness (QED) is 0.192.